The zero-order valence-electron chi connectivity index (χ0n) is 19.5. The van der Waals surface area contributed by atoms with Crippen molar-refractivity contribution < 1.29 is 14.4 Å². The molecule has 7 nitrogen and oxygen atoms in total. The van der Waals surface area contributed by atoms with E-state index in [4.69, 9.17) is 0 Å². The van der Waals surface area contributed by atoms with Crippen molar-refractivity contribution >= 4 is 29.5 Å². The molecule has 1 aromatic heterocycles. The average Bonchev–Trinajstić information content (AvgIpc) is 3.30. The second-order valence-corrected chi connectivity index (χ2v) is 10.9. The van der Waals surface area contributed by atoms with Crippen LogP contribution in [0.25, 0.3) is 0 Å². The molecule has 0 spiro atoms. The highest BCUT2D eigenvalue weighted by Gasteiger charge is 2.57. The Morgan fingerprint density at radius 1 is 1.03 bits per heavy atom. The van der Waals surface area contributed by atoms with Gasteiger partial charge >= 0.3 is 0 Å². The van der Waals surface area contributed by atoms with Crippen molar-refractivity contribution in [3.8, 4) is 0 Å². The average molecular weight is 487 g/mol. The van der Waals surface area contributed by atoms with Gasteiger partial charge in [0.05, 0.1) is 0 Å². The van der Waals surface area contributed by atoms with Crippen molar-refractivity contribution in [2.75, 3.05) is 0 Å². The number of nitrogens with one attached hydrogen (secondary N) is 2. The summed E-state index contributed by atoms with van der Waals surface area (Å²) in [4.78, 5) is 46.0. The number of amides is 3. The summed E-state index contributed by atoms with van der Waals surface area (Å²) in [5.74, 6) is -0.821. The highest BCUT2D eigenvalue weighted by atomic mass is 32.2. The maximum absolute atomic E-state index is 13.8. The quantitative estimate of drug-likeness (QED) is 0.556. The van der Waals surface area contributed by atoms with Crippen LogP contribution in [0, 0.1) is 0 Å². The van der Waals surface area contributed by atoms with E-state index in [1.54, 1.807) is 35.1 Å². The molecular formula is C27H26N4O3S. The molecule has 1 saturated heterocycles. The Balaban J connectivity index is 1.40. The van der Waals surface area contributed by atoms with Gasteiger partial charge < -0.3 is 15.5 Å². The fraction of sp³-hybridized carbons (Fsp3) is 0.259. The van der Waals surface area contributed by atoms with Gasteiger partial charge in [0.1, 0.15) is 17.5 Å². The predicted molar refractivity (Wildman–Crippen MR) is 134 cm³/mol. The molecule has 2 aliphatic heterocycles. The van der Waals surface area contributed by atoms with Gasteiger partial charge in [-0.3, -0.25) is 19.4 Å². The first-order chi connectivity index (χ1) is 16.9. The minimum atomic E-state index is -0.898. The summed E-state index contributed by atoms with van der Waals surface area (Å²) >= 11 is 1.60. The summed E-state index contributed by atoms with van der Waals surface area (Å²) < 4.78 is -0.535. The van der Waals surface area contributed by atoms with Gasteiger partial charge in [-0.15, -0.1) is 11.8 Å². The normalized spacial score (nSPS) is 20.6. The van der Waals surface area contributed by atoms with Gasteiger partial charge in [-0.05, 0) is 48.7 Å². The zero-order chi connectivity index (χ0) is 24.6. The minimum Gasteiger partial charge on any atom is -0.350 e. The van der Waals surface area contributed by atoms with Gasteiger partial charge in [0.25, 0.3) is 5.91 Å². The third-order valence-corrected chi connectivity index (χ3v) is 7.98. The summed E-state index contributed by atoms with van der Waals surface area (Å²) in [6.07, 6.45) is 3.33. The molecule has 3 atom stereocenters. The molecule has 2 N–H and O–H groups in total. The molecule has 5 rings (SSSR count). The summed E-state index contributed by atoms with van der Waals surface area (Å²) in [6, 6.07) is 18.7. The summed E-state index contributed by atoms with van der Waals surface area (Å²) in [5.41, 5.74) is 3.14. The van der Waals surface area contributed by atoms with E-state index in [0.717, 1.165) is 11.1 Å². The summed E-state index contributed by atoms with van der Waals surface area (Å²) in [7, 11) is 0. The van der Waals surface area contributed by atoms with E-state index in [2.05, 4.69) is 15.6 Å². The lowest BCUT2D eigenvalue weighted by Crippen LogP contribution is -2.54. The largest absolute Gasteiger partial charge is 0.350 e. The molecule has 0 bridgehead atoms. The van der Waals surface area contributed by atoms with Gasteiger partial charge in [-0.1, -0.05) is 48.5 Å². The molecule has 3 aromatic rings. The third kappa shape index (κ3) is 4.30. The first kappa shape index (κ1) is 23.1. The molecule has 2 aromatic carbocycles. The van der Waals surface area contributed by atoms with Crippen LogP contribution in [0.15, 0.2) is 79.1 Å². The Labute approximate surface area is 208 Å². The number of thioether (sulfide) groups is 1. The Morgan fingerprint density at radius 2 is 1.71 bits per heavy atom. The molecule has 3 amide bonds. The van der Waals surface area contributed by atoms with Crippen LogP contribution in [0.4, 0.5) is 0 Å². The lowest BCUT2D eigenvalue weighted by atomic mass is 9.99. The Kier molecular flexibility index (Phi) is 6.06. The number of hydrogen-bond acceptors (Lipinski definition) is 5. The van der Waals surface area contributed by atoms with Gasteiger partial charge in [-0.25, -0.2) is 0 Å². The van der Waals surface area contributed by atoms with E-state index in [1.165, 1.54) is 0 Å². The third-order valence-electron chi connectivity index (χ3n) is 6.44. The Bertz CT molecular complexity index is 1270. The second-order valence-electron chi connectivity index (χ2n) is 9.20. The molecule has 0 radical (unpaired) electrons. The van der Waals surface area contributed by atoms with E-state index in [-0.39, 0.29) is 23.1 Å². The lowest BCUT2D eigenvalue weighted by Gasteiger charge is -2.31. The molecule has 8 heteroatoms. The van der Waals surface area contributed by atoms with Crippen molar-refractivity contribution in [3.63, 3.8) is 0 Å². The van der Waals surface area contributed by atoms with Crippen LogP contribution in [0.5, 0.6) is 0 Å². The molecule has 1 fully saturated rings. The summed E-state index contributed by atoms with van der Waals surface area (Å²) in [6.45, 7) is 4.25. The zero-order valence-corrected chi connectivity index (χ0v) is 20.3. The first-order valence-electron chi connectivity index (χ1n) is 11.5. The molecule has 178 valence electrons. The monoisotopic (exact) mass is 486 g/mol. The molecule has 35 heavy (non-hydrogen) atoms. The number of benzene rings is 2. The van der Waals surface area contributed by atoms with Crippen LogP contribution in [-0.4, -0.2) is 38.4 Å². The maximum atomic E-state index is 13.8. The van der Waals surface area contributed by atoms with E-state index in [0.29, 0.717) is 17.7 Å². The number of nitrogens with zero attached hydrogens (tertiary/aromatic N) is 2. The van der Waals surface area contributed by atoms with Crippen molar-refractivity contribution in [2.24, 2.45) is 0 Å². The molecule has 0 saturated carbocycles. The highest BCUT2D eigenvalue weighted by Crippen LogP contribution is 2.56. The standard InChI is InChI=1S/C27H26N4O3S/c1-27(2)22(31-25(34)19-10-6-7-11-20(19)26(31)35-27)24(33)30-21(18-8-4-3-5-9-18)23(32)29-16-17-12-14-28-15-13-17/h3-15,21-22,26H,16H2,1-2H3,(H,29,32)(H,30,33)/t21-,22-,26-/m1/s1. The van der Waals surface area contributed by atoms with Gasteiger partial charge in [0.2, 0.25) is 11.8 Å². The predicted octanol–water partition coefficient (Wildman–Crippen LogP) is 3.60. The number of pyridine rings is 1. The Hall–Kier alpha value is -3.65. The van der Waals surface area contributed by atoms with Crippen molar-refractivity contribution in [1.29, 1.82) is 0 Å². The topological polar surface area (TPSA) is 91.4 Å². The van der Waals surface area contributed by atoms with E-state index < -0.39 is 16.8 Å². The van der Waals surface area contributed by atoms with E-state index >= 15 is 0 Å². The fourth-order valence-electron chi connectivity index (χ4n) is 4.76. The molecule has 0 unspecified atom stereocenters. The smallest absolute Gasteiger partial charge is 0.256 e. The molecular weight excluding hydrogens is 460 g/mol. The van der Waals surface area contributed by atoms with Crippen LogP contribution in [0.1, 0.15) is 52.3 Å². The number of rotatable bonds is 6. The highest BCUT2D eigenvalue weighted by molar-refractivity contribution is 8.01. The van der Waals surface area contributed by atoms with Crippen LogP contribution >= 0.6 is 11.8 Å². The second kappa shape index (κ2) is 9.19. The number of carbonyl (C=O) groups excluding carboxylic acids is 3. The van der Waals surface area contributed by atoms with Crippen molar-refractivity contribution in [2.45, 2.75) is 42.6 Å². The fourth-order valence-corrected chi connectivity index (χ4v) is 6.35. The maximum Gasteiger partial charge on any atom is 0.256 e. The number of hydrogen-bond donors (Lipinski definition) is 2. The van der Waals surface area contributed by atoms with Crippen LogP contribution in [-0.2, 0) is 16.1 Å². The minimum absolute atomic E-state index is 0.151. The van der Waals surface area contributed by atoms with Crippen LogP contribution in [0.3, 0.4) is 0 Å². The molecule has 0 aliphatic carbocycles. The van der Waals surface area contributed by atoms with E-state index in [9.17, 15) is 14.4 Å². The Morgan fingerprint density at radius 3 is 2.46 bits per heavy atom. The van der Waals surface area contributed by atoms with Gasteiger partial charge in [0, 0.05) is 29.2 Å². The van der Waals surface area contributed by atoms with Crippen LogP contribution in [0.2, 0.25) is 0 Å². The van der Waals surface area contributed by atoms with Crippen molar-refractivity contribution in [3.05, 3.63) is 101 Å². The molecule has 3 heterocycles. The first-order valence-corrected chi connectivity index (χ1v) is 12.4. The number of fused-ring (bicyclic) bond motifs is 3. The van der Waals surface area contributed by atoms with Gasteiger partial charge in [-0.2, -0.15) is 0 Å². The SMILES string of the molecule is CC1(C)S[C@@H]2c3ccccc3C(=O)N2[C@@H]1C(=O)N[C@@H](C(=O)NCc1ccncc1)c1ccccc1. The summed E-state index contributed by atoms with van der Waals surface area (Å²) in [5, 5.41) is 5.65. The van der Waals surface area contributed by atoms with Gasteiger partial charge in [0.15, 0.2) is 0 Å². The van der Waals surface area contributed by atoms with E-state index in [1.807, 2.05) is 74.5 Å². The lowest BCUT2D eigenvalue weighted by molar-refractivity contribution is -0.132. The molecule has 2 aliphatic rings. The number of aromatic nitrogens is 1. The van der Waals surface area contributed by atoms with Crippen molar-refractivity contribution in [1.82, 2.24) is 20.5 Å². The van der Waals surface area contributed by atoms with Crippen LogP contribution < -0.4 is 10.6 Å². The number of carbonyl (C=O) groups is 3.